The van der Waals surface area contributed by atoms with Crippen molar-refractivity contribution in [2.45, 2.75) is 6.10 Å². The van der Waals surface area contributed by atoms with Gasteiger partial charge in [0, 0.05) is 10.6 Å². The largest absolute Gasteiger partial charge is 0.378 e. The number of hydrogen-bond acceptors (Lipinski definition) is 4. The van der Waals surface area contributed by atoms with Gasteiger partial charge in [-0.05, 0) is 29.8 Å². The molecule has 0 aliphatic rings. The zero-order valence-electron chi connectivity index (χ0n) is 10.4. The Balaban J connectivity index is 1.89. The summed E-state index contributed by atoms with van der Waals surface area (Å²) >= 11 is 5.83. The van der Waals surface area contributed by atoms with E-state index in [9.17, 15) is 5.11 Å². The number of aliphatic hydroxyl groups excluding tert-OH is 1. The van der Waals surface area contributed by atoms with Gasteiger partial charge in [-0.3, -0.25) is 0 Å². The van der Waals surface area contributed by atoms with E-state index in [-0.39, 0.29) is 5.89 Å². The van der Waals surface area contributed by atoms with Crippen LogP contribution in [-0.4, -0.2) is 15.2 Å². The second kappa shape index (κ2) is 5.45. The molecule has 1 heterocycles. The maximum absolute atomic E-state index is 10.2. The molecule has 0 radical (unpaired) electrons. The SMILES string of the molecule is OC(c1ccccc1)c1nc(-c2ccc(Cl)cc2)no1. The molecule has 0 saturated heterocycles. The number of nitrogens with zero attached hydrogens (tertiary/aromatic N) is 2. The maximum Gasteiger partial charge on any atom is 0.260 e. The zero-order chi connectivity index (χ0) is 13.9. The lowest BCUT2D eigenvalue weighted by molar-refractivity contribution is 0.170. The molecule has 0 bridgehead atoms. The van der Waals surface area contributed by atoms with Crippen LogP contribution in [0, 0.1) is 0 Å². The average molecular weight is 287 g/mol. The third-order valence-corrected chi connectivity index (χ3v) is 3.15. The first-order valence-electron chi connectivity index (χ1n) is 6.06. The van der Waals surface area contributed by atoms with Gasteiger partial charge in [0.2, 0.25) is 5.82 Å². The highest BCUT2D eigenvalue weighted by Gasteiger charge is 2.18. The van der Waals surface area contributed by atoms with E-state index in [1.165, 1.54) is 0 Å². The highest BCUT2D eigenvalue weighted by Crippen LogP contribution is 2.24. The van der Waals surface area contributed by atoms with E-state index in [1.807, 2.05) is 18.2 Å². The minimum Gasteiger partial charge on any atom is -0.378 e. The van der Waals surface area contributed by atoms with E-state index < -0.39 is 6.10 Å². The van der Waals surface area contributed by atoms with Crippen molar-refractivity contribution in [1.82, 2.24) is 10.1 Å². The molecule has 20 heavy (non-hydrogen) atoms. The standard InChI is InChI=1S/C15H11ClN2O2/c16-12-8-6-11(7-9-12)14-17-15(20-18-14)13(19)10-4-2-1-3-5-10/h1-9,13,19H. The van der Waals surface area contributed by atoms with Crippen molar-refractivity contribution in [3.63, 3.8) is 0 Å². The van der Waals surface area contributed by atoms with Crippen molar-refractivity contribution in [2.24, 2.45) is 0 Å². The molecule has 0 aliphatic carbocycles. The van der Waals surface area contributed by atoms with Crippen molar-refractivity contribution in [1.29, 1.82) is 0 Å². The minimum atomic E-state index is -0.926. The number of halogens is 1. The third kappa shape index (κ3) is 2.57. The number of hydrogen-bond donors (Lipinski definition) is 1. The van der Waals surface area contributed by atoms with Crippen LogP contribution in [0.5, 0.6) is 0 Å². The highest BCUT2D eigenvalue weighted by atomic mass is 35.5. The monoisotopic (exact) mass is 286 g/mol. The molecule has 4 nitrogen and oxygen atoms in total. The van der Waals surface area contributed by atoms with Crippen molar-refractivity contribution in [3.8, 4) is 11.4 Å². The van der Waals surface area contributed by atoms with Gasteiger partial charge >= 0.3 is 0 Å². The summed E-state index contributed by atoms with van der Waals surface area (Å²) in [5, 5.41) is 14.7. The number of aliphatic hydroxyl groups is 1. The van der Waals surface area contributed by atoms with Crippen LogP contribution in [0.3, 0.4) is 0 Å². The first-order valence-corrected chi connectivity index (χ1v) is 6.44. The molecule has 3 rings (SSSR count). The highest BCUT2D eigenvalue weighted by molar-refractivity contribution is 6.30. The Kier molecular flexibility index (Phi) is 3.50. The van der Waals surface area contributed by atoms with Crippen molar-refractivity contribution < 1.29 is 9.63 Å². The topological polar surface area (TPSA) is 59.2 Å². The fraction of sp³-hybridized carbons (Fsp3) is 0.0667. The lowest BCUT2D eigenvalue weighted by Gasteiger charge is -2.04. The molecule has 0 spiro atoms. The molecule has 0 aliphatic heterocycles. The summed E-state index contributed by atoms with van der Waals surface area (Å²) in [6, 6.07) is 16.3. The van der Waals surface area contributed by atoms with Crippen molar-refractivity contribution in [3.05, 3.63) is 71.1 Å². The van der Waals surface area contributed by atoms with Gasteiger partial charge < -0.3 is 9.63 Å². The number of rotatable bonds is 3. The van der Waals surface area contributed by atoms with E-state index in [1.54, 1.807) is 36.4 Å². The zero-order valence-corrected chi connectivity index (χ0v) is 11.2. The Labute approximate surface area is 120 Å². The van der Waals surface area contributed by atoms with Crippen LogP contribution in [-0.2, 0) is 0 Å². The average Bonchev–Trinajstić information content (AvgIpc) is 2.98. The molecular weight excluding hydrogens is 276 g/mol. The lowest BCUT2D eigenvalue weighted by atomic mass is 10.1. The molecule has 100 valence electrons. The van der Waals surface area contributed by atoms with Gasteiger partial charge in [0.1, 0.15) is 0 Å². The summed E-state index contributed by atoms with van der Waals surface area (Å²) in [4.78, 5) is 4.22. The van der Waals surface area contributed by atoms with Crippen LogP contribution >= 0.6 is 11.6 Å². The second-order valence-electron chi connectivity index (χ2n) is 4.28. The molecular formula is C15H11ClN2O2. The number of benzene rings is 2. The van der Waals surface area contributed by atoms with Gasteiger partial charge in [0.05, 0.1) is 0 Å². The van der Waals surface area contributed by atoms with E-state index in [2.05, 4.69) is 10.1 Å². The van der Waals surface area contributed by atoms with E-state index in [0.29, 0.717) is 16.4 Å². The molecule has 0 saturated carbocycles. The Bertz CT molecular complexity index is 695. The van der Waals surface area contributed by atoms with Crippen LogP contribution in [0.1, 0.15) is 17.6 Å². The van der Waals surface area contributed by atoms with Crippen LogP contribution < -0.4 is 0 Å². The Morgan fingerprint density at radius 2 is 1.70 bits per heavy atom. The maximum atomic E-state index is 10.2. The predicted octanol–water partition coefficient (Wildman–Crippen LogP) is 3.47. The molecule has 0 fully saturated rings. The fourth-order valence-electron chi connectivity index (χ4n) is 1.84. The molecule has 2 aromatic carbocycles. The Hall–Kier alpha value is -2.17. The molecule has 3 aromatic rings. The molecule has 1 aromatic heterocycles. The fourth-order valence-corrected chi connectivity index (χ4v) is 1.97. The molecule has 1 unspecified atom stereocenters. The lowest BCUT2D eigenvalue weighted by Crippen LogP contribution is -1.99. The summed E-state index contributed by atoms with van der Waals surface area (Å²) in [5.74, 6) is 0.591. The Morgan fingerprint density at radius 3 is 2.40 bits per heavy atom. The van der Waals surface area contributed by atoms with Gasteiger partial charge in [0.25, 0.3) is 5.89 Å². The smallest absolute Gasteiger partial charge is 0.260 e. The normalized spacial score (nSPS) is 12.3. The Morgan fingerprint density at radius 1 is 1.00 bits per heavy atom. The first-order chi connectivity index (χ1) is 9.74. The second-order valence-corrected chi connectivity index (χ2v) is 4.71. The van der Waals surface area contributed by atoms with Crippen LogP contribution in [0.4, 0.5) is 0 Å². The first kappa shape index (κ1) is 12.8. The summed E-state index contributed by atoms with van der Waals surface area (Å²) in [6.07, 6.45) is -0.926. The summed E-state index contributed by atoms with van der Waals surface area (Å²) in [7, 11) is 0. The summed E-state index contributed by atoms with van der Waals surface area (Å²) in [5.41, 5.74) is 1.49. The van der Waals surface area contributed by atoms with Crippen molar-refractivity contribution >= 4 is 11.6 Å². The number of aromatic nitrogens is 2. The van der Waals surface area contributed by atoms with Crippen LogP contribution in [0.25, 0.3) is 11.4 Å². The van der Waals surface area contributed by atoms with Gasteiger partial charge in [-0.25, -0.2) is 0 Å². The van der Waals surface area contributed by atoms with Gasteiger partial charge in [-0.2, -0.15) is 4.98 Å². The predicted molar refractivity (Wildman–Crippen MR) is 75.2 cm³/mol. The van der Waals surface area contributed by atoms with Gasteiger partial charge in [-0.15, -0.1) is 0 Å². The summed E-state index contributed by atoms with van der Waals surface area (Å²) < 4.78 is 5.12. The van der Waals surface area contributed by atoms with E-state index in [4.69, 9.17) is 16.1 Å². The molecule has 5 heteroatoms. The minimum absolute atomic E-state index is 0.168. The van der Waals surface area contributed by atoms with E-state index >= 15 is 0 Å². The summed E-state index contributed by atoms with van der Waals surface area (Å²) in [6.45, 7) is 0. The van der Waals surface area contributed by atoms with Crippen molar-refractivity contribution in [2.75, 3.05) is 0 Å². The van der Waals surface area contributed by atoms with Crippen LogP contribution in [0.15, 0.2) is 59.1 Å². The van der Waals surface area contributed by atoms with Gasteiger partial charge in [0.15, 0.2) is 6.10 Å². The molecule has 1 N–H and O–H groups in total. The molecule has 0 amide bonds. The third-order valence-electron chi connectivity index (χ3n) is 2.89. The quantitative estimate of drug-likeness (QED) is 0.801. The van der Waals surface area contributed by atoms with E-state index in [0.717, 1.165) is 5.56 Å². The van der Waals surface area contributed by atoms with Crippen LogP contribution in [0.2, 0.25) is 5.02 Å². The van der Waals surface area contributed by atoms with Gasteiger partial charge in [-0.1, -0.05) is 47.1 Å². The molecule has 1 atom stereocenters.